The number of piperidine rings is 1. The Hall–Kier alpha value is -0.880. The molecule has 0 saturated carbocycles. The van der Waals surface area contributed by atoms with Crippen molar-refractivity contribution < 1.29 is 18.3 Å². The summed E-state index contributed by atoms with van der Waals surface area (Å²) in [4.78, 5) is 10.7. The Morgan fingerprint density at radius 1 is 1.60 bits per heavy atom. The van der Waals surface area contributed by atoms with Gasteiger partial charge in [0.2, 0.25) is 10.0 Å². The summed E-state index contributed by atoms with van der Waals surface area (Å²) in [6.45, 7) is 3.88. The molecule has 1 atom stereocenters. The molecule has 1 aliphatic rings. The molecular weight excluding hydrogens is 218 g/mol. The van der Waals surface area contributed by atoms with Crippen LogP contribution in [0.25, 0.3) is 0 Å². The summed E-state index contributed by atoms with van der Waals surface area (Å²) in [5.41, 5.74) is 0. The van der Waals surface area contributed by atoms with Gasteiger partial charge in [-0.25, -0.2) is 12.7 Å². The molecule has 1 aliphatic heterocycles. The molecule has 0 aromatic carbocycles. The molecule has 0 radical (unpaired) electrons. The van der Waals surface area contributed by atoms with Gasteiger partial charge in [0.1, 0.15) is 0 Å². The molecule has 1 heterocycles. The summed E-state index contributed by atoms with van der Waals surface area (Å²) >= 11 is 0. The second-order valence-corrected chi connectivity index (χ2v) is 5.62. The SMILES string of the molecule is C=CCS(=O)(=O)N1CCC[C@@H](C(=O)O)C1. The van der Waals surface area contributed by atoms with Crippen molar-refractivity contribution in [3.63, 3.8) is 0 Å². The maximum Gasteiger partial charge on any atom is 0.307 e. The van der Waals surface area contributed by atoms with E-state index in [1.54, 1.807) is 0 Å². The fourth-order valence-electron chi connectivity index (χ4n) is 1.65. The van der Waals surface area contributed by atoms with Crippen LogP contribution >= 0.6 is 0 Å². The molecule has 0 spiro atoms. The Labute approximate surface area is 89.4 Å². The highest BCUT2D eigenvalue weighted by Gasteiger charge is 2.31. The lowest BCUT2D eigenvalue weighted by molar-refractivity contribution is -0.142. The van der Waals surface area contributed by atoms with Gasteiger partial charge in [0.05, 0.1) is 11.7 Å². The zero-order chi connectivity index (χ0) is 11.5. The van der Waals surface area contributed by atoms with Crippen molar-refractivity contribution in [2.24, 2.45) is 5.92 Å². The Bertz CT molecular complexity index is 349. The maximum atomic E-state index is 11.6. The van der Waals surface area contributed by atoms with Crippen LogP contribution < -0.4 is 0 Å². The van der Waals surface area contributed by atoms with Crippen LogP contribution in [0.5, 0.6) is 0 Å². The van der Waals surface area contributed by atoms with Crippen LogP contribution in [0.4, 0.5) is 0 Å². The minimum atomic E-state index is -3.35. The van der Waals surface area contributed by atoms with Gasteiger partial charge in [0, 0.05) is 13.1 Å². The fourth-order valence-corrected chi connectivity index (χ4v) is 2.97. The summed E-state index contributed by atoms with van der Waals surface area (Å²) in [7, 11) is -3.35. The van der Waals surface area contributed by atoms with Crippen LogP contribution in [0.15, 0.2) is 12.7 Å². The van der Waals surface area contributed by atoms with Gasteiger partial charge in [-0.05, 0) is 12.8 Å². The monoisotopic (exact) mass is 233 g/mol. The third-order valence-electron chi connectivity index (χ3n) is 2.46. The fraction of sp³-hybridized carbons (Fsp3) is 0.667. The third-order valence-corrected chi connectivity index (χ3v) is 4.23. The summed E-state index contributed by atoms with van der Waals surface area (Å²) in [6.07, 6.45) is 2.47. The number of sulfonamides is 1. The number of carboxylic acid groups (broad SMARTS) is 1. The minimum absolute atomic E-state index is 0.0888. The molecule has 0 unspecified atom stereocenters. The molecule has 15 heavy (non-hydrogen) atoms. The molecule has 0 bridgehead atoms. The van der Waals surface area contributed by atoms with E-state index in [9.17, 15) is 13.2 Å². The number of carbonyl (C=O) groups is 1. The molecule has 0 aliphatic carbocycles. The van der Waals surface area contributed by atoms with Crippen molar-refractivity contribution in [2.75, 3.05) is 18.8 Å². The smallest absolute Gasteiger partial charge is 0.307 e. The second kappa shape index (κ2) is 4.76. The van der Waals surface area contributed by atoms with E-state index >= 15 is 0 Å². The number of rotatable bonds is 4. The van der Waals surface area contributed by atoms with E-state index in [0.717, 1.165) is 0 Å². The summed E-state index contributed by atoms with van der Waals surface area (Å²) in [6, 6.07) is 0. The highest BCUT2D eigenvalue weighted by molar-refractivity contribution is 7.89. The van der Waals surface area contributed by atoms with Crippen LogP contribution in [-0.2, 0) is 14.8 Å². The first kappa shape index (κ1) is 12.2. The van der Waals surface area contributed by atoms with Gasteiger partial charge in [-0.2, -0.15) is 0 Å². The van der Waals surface area contributed by atoms with Crippen molar-refractivity contribution >= 4 is 16.0 Å². The number of nitrogens with zero attached hydrogens (tertiary/aromatic N) is 1. The van der Waals surface area contributed by atoms with E-state index in [1.807, 2.05) is 0 Å². The Balaban J connectivity index is 2.71. The number of carboxylic acids is 1. The summed E-state index contributed by atoms with van der Waals surface area (Å²) < 4.78 is 24.5. The van der Waals surface area contributed by atoms with E-state index in [1.165, 1.54) is 10.4 Å². The van der Waals surface area contributed by atoms with Gasteiger partial charge in [0.25, 0.3) is 0 Å². The first-order chi connectivity index (χ1) is 6.97. The molecule has 1 N–H and O–H groups in total. The van der Waals surface area contributed by atoms with Crippen molar-refractivity contribution in [3.05, 3.63) is 12.7 Å². The van der Waals surface area contributed by atoms with Gasteiger partial charge >= 0.3 is 5.97 Å². The predicted molar refractivity (Wildman–Crippen MR) is 55.9 cm³/mol. The molecule has 1 rings (SSSR count). The lowest BCUT2D eigenvalue weighted by atomic mass is 10.0. The molecule has 0 aromatic heterocycles. The van der Waals surface area contributed by atoms with Crippen LogP contribution in [0.3, 0.4) is 0 Å². The van der Waals surface area contributed by atoms with E-state index in [-0.39, 0.29) is 12.3 Å². The Morgan fingerprint density at radius 3 is 2.80 bits per heavy atom. The van der Waals surface area contributed by atoms with Gasteiger partial charge in [0.15, 0.2) is 0 Å². The molecular formula is C9H15NO4S. The zero-order valence-corrected chi connectivity index (χ0v) is 9.24. The lowest BCUT2D eigenvalue weighted by Crippen LogP contribution is -2.42. The average Bonchev–Trinajstić information content (AvgIpc) is 2.18. The molecule has 1 saturated heterocycles. The summed E-state index contributed by atoms with van der Waals surface area (Å²) in [5, 5.41) is 8.81. The Kier molecular flexibility index (Phi) is 3.87. The quantitative estimate of drug-likeness (QED) is 0.709. The number of hydrogen-bond donors (Lipinski definition) is 1. The highest BCUT2D eigenvalue weighted by Crippen LogP contribution is 2.19. The maximum absolute atomic E-state index is 11.6. The van der Waals surface area contributed by atoms with Crippen molar-refractivity contribution in [1.82, 2.24) is 4.31 Å². The number of aliphatic carboxylic acids is 1. The minimum Gasteiger partial charge on any atom is -0.481 e. The molecule has 6 heteroatoms. The van der Waals surface area contributed by atoms with Crippen LogP contribution in [0, 0.1) is 5.92 Å². The van der Waals surface area contributed by atoms with Gasteiger partial charge < -0.3 is 5.11 Å². The van der Waals surface area contributed by atoms with Crippen LogP contribution in [-0.4, -0.2) is 42.6 Å². The van der Waals surface area contributed by atoms with E-state index in [0.29, 0.717) is 19.4 Å². The average molecular weight is 233 g/mol. The van der Waals surface area contributed by atoms with Crippen molar-refractivity contribution in [2.45, 2.75) is 12.8 Å². The largest absolute Gasteiger partial charge is 0.481 e. The van der Waals surface area contributed by atoms with Crippen LogP contribution in [0.2, 0.25) is 0 Å². The van der Waals surface area contributed by atoms with Crippen molar-refractivity contribution in [1.29, 1.82) is 0 Å². The lowest BCUT2D eigenvalue weighted by Gasteiger charge is -2.29. The molecule has 86 valence electrons. The normalized spacial score (nSPS) is 23.6. The molecule has 1 fully saturated rings. The molecule has 0 amide bonds. The van der Waals surface area contributed by atoms with Gasteiger partial charge in [-0.3, -0.25) is 4.79 Å². The van der Waals surface area contributed by atoms with E-state index in [4.69, 9.17) is 5.11 Å². The highest BCUT2D eigenvalue weighted by atomic mass is 32.2. The molecule has 5 nitrogen and oxygen atoms in total. The topological polar surface area (TPSA) is 74.7 Å². The predicted octanol–water partition coefficient (Wildman–Crippen LogP) is 0.299. The zero-order valence-electron chi connectivity index (χ0n) is 8.42. The van der Waals surface area contributed by atoms with Crippen molar-refractivity contribution in [3.8, 4) is 0 Å². The van der Waals surface area contributed by atoms with Gasteiger partial charge in [-0.1, -0.05) is 6.08 Å². The first-order valence-electron chi connectivity index (χ1n) is 4.79. The third kappa shape index (κ3) is 3.04. The summed E-state index contributed by atoms with van der Waals surface area (Å²) in [5.74, 6) is -1.62. The Morgan fingerprint density at radius 2 is 2.27 bits per heavy atom. The van der Waals surface area contributed by atoms with E-state index < -0.39 is 21.9 Å². The second-order valence-electron chi connectivity index (χ2n) is 3.60. The molecule has 0 aromatic rings. The standard InChI is InChI=1S/C9H15NO4S/c1-2-6-15(13,14)10-5-3-4-8(7-10)9(11)12/h2,8H,1,3-7H2,(H,11,12)/t8-/m1/s1. The number of hydrogen-bond acceptors (Lipinski definition) is 3. The van der Waals surface area contributed by atoms with Gasteiger partial charge in [-0.15, -0.1) is 6.58 Å². The first-order valence-corrected chi connectivity index (χ1v) is 6.40. The van der Waals surface area contributed by atoms with Crippen LogP contribution in [0.1, 0.15) is 12.8 Å². The van der Waals surface area contributed by atoms with E-state index in [2.05, 4.69) is 6.58 Å².